The van der Waals surface area contributed by atoms with Crippen LogP contribution in [0.5, 0.6) is 5.75 Å². The van der Waals surface area contributed by atoms with Crippen LogP contribution in [-0.4, -0.2) is 53.2 Å². The van der Waals surface area contributed by atoms with Gasteiger partial charge < -0.3 is 29.8 Å². The predicted molar refractivity (Wildman–Crippen MR) is 128 cm³/mol. The van der Waals surface area contributed by atoms with Gasteiger partial charge in [-0.05, 0) is 43.5 Å². The fourth-order valence-corrected chi connectivity index (χ4v) is 4.47. The molecule has 2 aromatic heterocycles. The fraction of sp³-hybridized carbons (Fsp3) is 0.400. The van der Waals surface area contributed by atoms with E-state index < -0.39 is 25.4 Å². The summed E-state index contributed by atoms with van der Waals surface area (Å²) < 4.78 is 59.8. The Morgan fingerprint density at radius 2 is 2.03 bits per heavy atom. The van der Waals surface area contributed by atoms with Crippen molar-refractivity contribution in [1.29, 1.82) is 0 Å². The Hall–Kier alpha value is -3.80. The molecular formula is C25H26F3N5O4. The second-order valence-corrected chi connectivity index (χ2v) is 9.06. The minimum atomic E-state index is -3.16. The number of nitrogens with two attached hydrogens (primary N) is 1. The van der Waals surface area contributed by atoms with Crippen molar-refractivity contribution in [3.63, 3.8) is 0 Å². The average molecular weight is 518 g/mol. The first-order valence-electron chi connectivity index (χ1n) is 11.9. The molecule has 37 heavy (non-hydrogen) atoms. The van der Waals surface area contributed by atoms with Gasteiger partial charge in [0.25, 0.3) is 5.92 Å². The predicted octanol–water partition coefficient (Wildman–Crippen LogP) is 4.45. The summed E-state index contributed by atoms with van der Waals surface area (Å²) in [5.41, 5.74) is 7.41. The van der Waals surface area contributed by atoms with E-state index in [0.717, 1.165) is 12.8 Å². The molecule has 12 heteroatoms. The van der Waals surface area contributed by atoms with Gasteiger partial charge >= 0.3 is 0 Å². The molecule has 1 saturated carbocycles. The molecule has 9 nitrogen and oxygen atoms in total. The van der Waals surface area contributed by atoms with Gasteiger partial charge in [-0.3, -0.25) is 0 Å². The van der Waals surface area contributed by atoms with Crippen LogP contribution in [-0.2, 0) is 11.3 Å². The number of halogens is 3. The maximum atomic E-state index is 15.2. The maximum Gasteiger partial charge on any atom is 0.290 e. The molecule has 1 unspecified atom stereocenters. The van der Waals surface area contributed by atoms with E-state index in [2.05, 4.69) is 15.3 Å². The molecule has 3 heterocycles. The Bertz CT molecular complexity index is 1260. The molecule has 3 N–H and O–H groups in total. The van der Waals surface area contributed by atoms with Gasteiger partial charge in [-0.1, -0.05) is 22.4 Å². The van der Waals surface area contributed by atoms with Crippen LogP contribution >= 0.6 is 0 Å². The standard InChI is InChI=1S/C25H26F3N5O4/c26-14-36-19-4-2-1-3-17(19)22-18(23(37-32-22)15-5-6-15)12-35-20-9-10-33(13-25(20,27)28)21-8-7-16(11-30-21)24(29)31-34/h1-4,7-8,11,15,20,34H,5-6,9-10,12-14H2,(H2,29,31). The maximum absolute atomic E-state index is 15.2. The van der Waals surface area contributed by atoms with Crippen molar-refractivity contribution in [2.45, 2.75) is 43.8 Å². The molecule has 0 amide bonds. The van der Waals surface area contributed by atoms with Crippen molar-refractivity contribution < 1.29 is 32.4 Å². The Morgan fingerprint density at radius 1 is 1.22 bits per heavy atom. The number of nitrogens with zero attached hydrogens (tertiary/aromatic N) is 4. The molecule has 0 radical (unpaired) electrons. The number of alkyl halides is 3. The number of hydrogen-bond donors (Lipinski definition) is 2. The number of pyridine rings is 1. The van der Waals surface area contributed by atoms with Crippen molar-refractivity contribution in [2.24, 2.45) is 10.9 Å². The molecular weight excluding hydrogens is 491 g/mol. The number of aromatic nitrogens is 2. The zero-order chi connectivity index (χ0) is 26.0. The third-order valence-corrected chi connectivity index (χ3v) is 6.56. The Morgan fingerprint density at radius 3 is 2.70 bits per heavy atom. The van der Waals surface area contributed by atoms with Crippen LogP contribution in [0.4, 0.5) is 19.0 Å². The molecule has 5 rings (SSSR count). The third-order valence-electron chi connectivity index (χ3n) is 6.56. The quantitative estimate of drug-likeness (QED) is 0.185. The summed E-state index contributed by atoms with van der Waals surface area (Å²) in [5.74, 6) is -1.86. The monoisotopic (exact) mass is 517 g/mol. The fourth-order valence-electron chi connectivity index (χ4n) is 4.47. The van der Waals surface area contributed by atoms with Gasteiger partial charge in [0.1, 0.15) is 29.1 Å². The zero-order valence-electron chi connectivity index (χ0n) is 19.8. The van der Waals surface area contributed by atoms with Crippen molar-refractivity contribution in [2.75, 3.05) is 24.9 Å². The van der Waals surface area contributed by atoms with Crippen LogP contribution in [0.15, 0.2) is 52.3 Å². The van der Waals surface area contributed by atoms with Gasteiger partial charge in [-0.25, -0.2) is 18.2 Å². The van der Waals surface area contributed by atoms with Gasteiger partial charge in [0, 0.05) is 35.3 Å². The minimum Gasteiger partial charge on any atom is -0.462 e. The third kappa shape index (κ3) is 5.19. The first-order valence-corrected chi connectivity index (χ1v) is 11.9. The lowest BCUT2D eigenvalue weighted by atomic mass is 10.0. The van der Waals surface area contributed by atoms with Crippen LogP contribution in [0, 0.1) is 0 Å². The summed E-state index contributed by atoms with van der Waals surface area (Å²) in [6.45, 7) is -1.41. The van der Waals surface area contributed by atoms with Crippen molar-refractivity contribution in [3.05, 3.63) is 59.5 Å². The summed E-state index contributed by atoms with van der Waals surface area (Å²) in [6.07, 6.45) is 1.94. The van der Waals surface area contributed by atoms with Crippen molar-refractivity contribution >= 4 is 11.7 Å². The van der Waals surface area contributed by atoms with E-state index >= 15 is 8.78 Å². The number of piperidine rings is 1. The molecule has 196 valence electrons. The van der Waals surface area contributed by atoms with E-state index in [1.54, 1.807) is 36.4 Å². The first-order chi connectivity index (χ1) is 17.9. The molecule has 1 aliphatic carbocycles. The molecule has 2 fully saturated rings. The number of rotatable bonds is 9. The lowest BCUT2D eigenvalue weighted by molar-refractivity contribution is -0.148. The number of hydrogen-bond acceptors (Lipinski definition) is 8. The van der Waals surface area contributed by atoms with E-state index in [-0.39, 0.29) is 30.5 Å². The number of anilines is 1. The molecule has 1 atom stereocenters. The SMILES string of the molecule is N/C(=N\O)c1ccc(N2CCC(OCc3c(-c4ccccc4OCF)noc3C3CC3)C(F)(F)C2)nc1. The summed E-state index contributed by atoms with van der Waals surface area (Å²) >= 11 is 0. The highest BCUT2D eigenvalue weighted by molar-refractivity contribution is 5.96. The second-order valence-electron chi connectivity index (χ2n) is 9.06. The number of para-hydroxylation sites is 1. The Labute approximate surface area is 210 Å². The molecule has 3 aromatic rings. The molecule has 1 saturated heterocycles. The van der Waals surface area contributed by atoms with Gasteiger partial charge in [-0.15, -0.1) is 0 Å². The van der Waals surface area contributed by atoms with E-state index in [9.17, 15) is 4.39 Å². The second kappa shape index (κ2) is 10.3. The van der Waals surface area contributed by atoms with E-state index in [1.807, 2.05) is 0 Å². The largest absolute Gasteiger partial charge is 0.462 e. The van der Waals surface area contributed by atoms with Crippen LogP contribution < -0.4 is 15.4 Å². The summed E-state index contributed by atoms with van der Waals surface area (Å²) in [7, 11) is 0. The topological polar surface area (TPSA) is 119 Å². The number of ether oxygens (including phenoxy) is 2. The van der Waals surface area contributed by atoms with Gasteiger partial charge in [0.15, 0.2) is 5.84 Å². The molecule has 0 bridgehead atoms. The van der Waals surface area contributed by atoms with Crippen LogP contribution in [0.2, 0.25) is 0 Å². The zero-order valence-corrected chi connectivity index (χ0v) is 19.8. The molecule has 0 spiro atoms. The summed E-state index contributed by atoms with van der Waals surface area (Å²) in [5, 5.41) is 15.9. The van der Waals surface area contributed by atoms with E-state index in [1.165, 1.54) is 11.1 Å². The summed E-state index contributed by atoms with van der Waals surface area (Å²) in [6, 6.07) is 9.89. The normalized spacial score (nSPS) is 19.7. The Kier molecular flexibility index (Phi) is 6.92. The lowest BCUT2D eigenvalue weighted by Gasteiger charge is -2.38. The van der Waals surface area contributed by atoms with Crippen LogP contribution in [0.3, 0.4) is 0 Å². The smallest absolute Gasteiger partial charge is 0.290 e. The molecule has 1 aromatic carbocycles. The highest BCUT2D eigenvalue weighted by atomic mass is 19.3. The number of amidine groups is 1. The first kappa shape index (κ1) is 24.9. The van der Waals surface area contributed by atoms with Crippen LogP contribution in [0.1, 0.15) is 42.1 Å². The molecule has 1 aliphatic heterocycles. The minimum absolute atomic E-state index is 0.0671. The van der Waals surface area contributed by atoms with Gasteiger partial charge in [-0.2, -0.15) is 0 Å². The van der Waals surface area contributed by atoms with Crippen molar-refractivity contribution in [1.82, 2.24) is 10.1 Å². The number of benzene rings is 1. The molecule has 2 aliphatic rings. The Balaban J connectivity index is 1.31. The highest BCUT2D eigenvalue weighted by Crippen LogP contribution is 2.45. The van der Waals surface area contributed by atoms with E-state index in [0.29, 0.717) is 40.5 Å². The summed E-state index contributed by atoms with van der Waals surface area (Å²) in [4.78, 5) is 5.65. The van der Waals surface area contributed by atoms with Crippen LogP contribution in [0.25, 0.3) is 11.3 Å². The lowest BCUT2D eigenvalue weighted by Crippen LogP contribution is -2.52. The van der Waals surface area contributed by atoms with Crippen molar-refractivity contribution in [3.8, 4) is 17.0 Å². The number of oxime groups is 1. The average Bonchev–Trinajstić information content (AvgIpc) is 3.67. The van der Waals surface area contributed by atoms with Gasteiger partial charge in [0.05, 0.1) is 13.2 Å². The van der Waals surface area contributed by atoms with Gasteiger partial charge in [0.2, 0.25) is 6.86 Å². The highest BCUT2D eigenvalue weighted by Gasteiger charge is 2.46. The van der Waals surface area contributed by atoms with E-state index in [4.69, 9.17) is 24.9 Å².